The number of methoxy groups -OCH3 is 1. The molecule has 0 fully saturated rings. The number of hydrogen-bond acceptors (Lipinski definition) is 4. The van der Waals surface area contributed by atoms with Crippen molar-refractivity contribution in [2.75, 3.05) is 25.2 Å². The van der Waals surface area contributed by atoms with E-state index in [9.17, 15) is 0 Å². The maximum atomic E-state index is 5.28. The topological polar surface area (TPSA) is 37.4 Å². The molecule has 0 aliphatic rings. The van der Waals surface area contributed by atoms with Crippen LogP contribution in [0.25, 0.3) is 0 Å². The molecule has 0 spiro atoms. The Morgan fingerprint density at radius 3 is 2.65 bits per heavy atom. The molecule has 1 rings (SSSR count). The first-order valence-corrected chi connectivity index (χ1v) is 7.32. The average molecular weight is 279 g/mol. The summed E-state index contributed by atoms with van der Waals surface area (Å²) in [6.45, 7) is 13.4. The first-order chi connectivity index (χ1) is 9.39. The highest BCUT2D eigenvalue weighted by molar-refractivity contribution is 5.52. The summed E-state index contributed by atoms with van der Waals surface area (Å²) in [7, 11) is 1.75. The second-order valence-electron chi connectivity index (χ2n) is 6.20. The molecule has 0 aromatic carbocycles. The van der Waals surface area contributed by atoms with Gasteiger partial charge in [-0.3, -0.25) is 4.98 Å². The normalized spacial score (nSPS) is 13.3. The molecule has 20 heavy (non-hydrogen) atoms. The van der Waals surface area contributed by atoms with E-state index in [-0.39, 0.29) is 5.54 Å². The predicted molar refractivity (Wildman–Crippen MR) is 85.2 cm³/mol. The number of anilines is 1. The molecule has 0 aliphatic heterocycles. The van der Waals surface area contributed by atoms with Gasteiger partial charge in [-0.2, -0.15) is 0 Å². The summed E-state index contributed by atoms with van der Waals surface area (Å²) in [5.41, 5.74) is 2.58. The molecule has 0 saturated heterocycles. The van der Waals surface area contributed by atoms with Gasteiger partial charge < -0.3 is 15.0 Å². The van der Waals surface area contributed by atoms with E-state index in [4.69, 9.17) is 4.74 Å². The van der Waals surface area contributed by atoms with Crippen LogP contribution in [0.3, 0.4) is 0 Å². The fourth-order valence-corrected chi connectivity index (χ4v) is 2.23. The number of nitrogens with zero attached hydrogens (tertiary/aromatic N) is 2. The lowest BCUT2D eigenvalue weighted by Gasteiger charge is -2.32. The number of pyridine rings is 1. The minimum absolute atomic E-state index is 0.107. The van der Waals surface area contributed by atoms with Crippen molar-refractivity contribution in [1.29, 1.82) is 0 Å². The largest absolute Gasteiger partial charge is 0.383 e. The third-order valence-corrected chi connectivity index (χ3v) is 3.29. The zero-order valence-corrected chi connectivity index (χ0v) is 13.7. The van der Waals surface area contributed by atoms with Crippen molar-refractivity contribution >= 4 is 5.69 Å². The Labute approximate surface area is 123 Å². The van der Waals surface area contributed by atoms with Crippen molar-refractivity contribution in [1.82, 2.24) is 10.3 Å². The van der Waals surface area contributed by atoms with Crippen LogP contribution in [0.4, 0.5) is 5.69 Å². The molecular weight excluding hydrogens is 250 g/mol. The van der Waals surface area contributed by atoms with Crippen molar-refractivity contribution in [3.8, 4) is 0 Å². The number of hydrogen-bond donors (Lipinski definition) is 1. The summed E-state index contributed by atoms with van der Waals surface area (Å²) >= 11 is 0. The van der Waals surface area contributed by atoms with Crippen molar-refractivity contribution in [2.24, 2.45) is 0 Å². The quantitative estimate of drug-likeness (QED) is 0.833. The maximum absolute atomic E-state index is 5.28. The van der Waals surface area contributed by atoms with Crippen molar-refractivity contribution in [3.05, 3.63) is 24.0 Å². The van der Waals surface area contributed by atoms with E-state index in [0.29, 0.717) is 6.04 Å². The van der Waals surface area contributed by atoms with Crippen LogP contribution >= 0.6 is 0 Å². The second-order valence-corrected chi connectivity index (χ2v) is 6.20. The van der Waals surface area contributed by atoms with Crippen LogP contribution < -0.4 is 10.2 Å². The summed E-state index contributed by atoms with van der Waals surface area (Å²) in [4.78, 5) is 6.63. The van der Waals surface area contributed by atoms with E-state index in [0.717, 1.165) is 19.7 Å². The monoisotopic (exact) mass is 279 g/mol. The Kier molecular flexibility index (Phi) is 6.43. The minimum Gasteiger partial charge on any atom is -0.383 e. The molecule has 4 heteroatoms. The number of likely N-dealkylation sites (N-methyl/N-ethyl adjacent to an activating group) is 1. The lowest BCUT2D eigenvalue weighted by Crippen LogP contribution is -2.39. The van der Waals surface area contributed by atoms with Crippen LogP contribution in [0.2, 0.25) is 0 Å². The summed E-state index contributed by atoms with van der Waals surface area (Å²) in [6.07, 6.45) is 3.81. The van der Waals surface area contributed by atoms with Crippen molar-refractivity contribution < 1.29 is 4.74 Å². The SMILES string of the molecule is CCN(c1cnccc1CNC(C)(C)C)C(C)COC. The van der Waals surface area contributed by atoms with Gasteiger partial charge in [0.25, 0.3) is 0 Å². The molecule has 1 unspecified atom stereocenters. The Balaban J connectivity index is 2.92. The summed E-state index contributed by atoms with van der Waals surface area (Å²) < 4.78 is 5.28. The fraction of sp³-hybridized carbons (Fsp3) is 0.688. The van der Waals surface area contributed by atoms with Gasteiger partial charge in [-0.1, -0.05) is 0 Å². The molecule has 0 amide bonds. The maximum Gasteiger partial charge on any atom is 0.0663 e. The highest BCUT2D eigenvalue weighted by atomic mass is 16.5. The standard InChI is InChI=1S/C16H29N3O/c1-7-19(13(2)12-20-6)15-11-17-9-8-14(15)10-18-16(3,4)5/h8-9,11,13,18H,7,10,12H2,1-6H3. The molecule has 114 valence electrons. The molecule has 1 heterocycles. The fourth-order valence-electron chi connectivity index (χ4n) is 2.23. The third-order valence-electron chi connectivity index (χ3n) is 3.29. The Morgan fingerprint density at radius 1 is 1.40 bits per heavy atom. The van der Waals surface area contributed by atoms with E-state index < -0.39 is 0 Å². The number of rotatable bonds is 7. The number of nitrogens with one attached hydrogen (secondary N) is 1. The van der Waals surface area contributed by atoms with Crippen LogP contribution in [0.1, 0.15) is 40.2 Å². The number of ether oxygens (including phenoxy) is 1. The average Bonchev–Trinajstić information content (AvgIpc) is 2.38. The van der Waals surface area contributed by atoms with E-state index in [1.807, 2.05) is 12.4 Å². The molecule has 0 radical (unpaired) electrons. The van der Waals surface area contributed by atoms with Crippen LogP contribution in [0.15, 0.2) is 18.5 Å². The molecule has 0 aliphatic carbocycles. The van der Waals surface area contributed by atoms with Gasteiger partial charge in [0.05, 0.1) is 18.5 Å². The van der Waals surface area contributed by atoms with E-state index in [1.54, 1.807) is 7.11 Å². The van der Waals surface area contributed by atoms with Crippen LogP contribution in [0.5, 0.6) is 0 Å². The lowest BCUT2D eigenvalue weighted by atomic mass is 10.1. The number of aromatic nitrogens is 1. The van der Waals surface area contributed by atoms with Gasteiger partial charge in [0, 0.05) is 38.0 Å². The predicted octanol–water partition coefficient (Wildman–Crippen LogP) is 2.83. The zero-order chi connectivity index (χ0) is 15.2. The highest BCUT2D eigenvalue weighted by Gasteiger charge is 2.17. The van der Waals surface area contributed by atoms with Gasteiger partial charge >= 0.3 is 0 Å². The van der Waals surface area contributed by atoms with Crippen molar-refractivity contribution in [2.45, 2.75) is 52.7 Å². The molecular formula is C16H29N3O. The first-order valence-electron chi connectivity index (χ1n) is 7.32. The Bertz CT molecular complexity index is 401. The first kappa shape index (κ1) is 16.9. The molecule has 0 bridgehead atoms. The molecule has 1 atom stereocenters. The van der Waals surface area contributed by atoms with Gasteiger partial charge in [-0.25, -0.2) is 0 Å². The molecule has 0 saturated carbocycles. The van der Waals surface area contributed by atoms with Crippen LogP contribution in [-0.2, 0) is 11.3 Å². The van der Waals surface area contributed by atoms with Gasteiger partial charge in [0.15, 0.2) is 0 Å². The lowest BCUT2D eigenvalue weighted by molar-refractivity contribution is 0.182. The summed E-state index contributed by atoms with van der Waals surface area (Å²) in [5.74, 6) is 0. The van der Waals surface area contributed by atoms with E-state index >= 15 is 0 Å². The van der Waals surface area contributed by atoms with Crippen LogP contribution in [-0.4, -0.2) is 36.8 Å². The van der Waals surface area contributed by atoms with Crippen molar-refractivity contribution in [3.63, 3.8) is 0 Å². The highest BCUT2D eigenvalue weighted by Crippen LogP contribution is 2.22. The van der Waals surface area contributed by atoms with Gasteiger partial charge in [-0.05, 0) is 46.2 Å². The summed E-state index contributed by atoms with van der Waals surface area (Å²) in [5, 5.41) is 3.54. The zero-order valence-electron chi connectivity index (χ0n) is 13.7. The van der Waals surface area contributed by atoms with Gasteiger partial charge in [-0.15, -0.1) is 0 Å². The van der Waals surface area contributed by atoms with Crippen LogP contribution in [0, 0.1) is 0 Å². The Hall–Kier alpha value is -1.13. The third kappa shape index (κ3) is 5.10. The summed E-state index contributed by atoms with van der Waals surface area (Å²) in [6, 6.07) is 2.43. The second kappa shape index (κ2) is 7.60. The van der Waals surface area contributed by atoms with E-state index in [1.165, 1.54) is 11.3 Å². The minimum atomic E-state index is 0.107. The van der Waals surface area contributed by atoms with Gasteiger partial charge in [0.2, 0.25) is 0 Å². The van der Waals surface area contributed by atoms with Gasteiger partial charge in [0.1, 0.15) is 0 Å². The molecule has 1 aromatic heterocycles. The Morgan fingerprint density at radius 2 is 2.10 bits per heavy atom. The molecule has 1 N–H and O–H groups in total. The van der Waals surface area contributed by atoms with E-state index in [2.05, 4.69) is 55.9 Å². The smallest absolute Gasteiger partial charge is 0.0663 e. The molecule has 1 aromatic rings. The molecule has 4 nitrogen and oxygen atoms in total.